The molecule has 1 aromatic carbocycles. The largest absolute Gasteiger partial charge is 0.383 e. The van der Waals surface area contributed by atoms with Gasteiger partial charge in [0.2, 0.25) is 5.52 Å². The molecule has 0 fully saturated rings. The van der Waals surface area contributed by atoms with Crippen molar-refractivity contribution >= 4 is 34.2 Å². The molecule has 2 aromatic rings. The van der Waals surface area contributed by atoms with Gasteiger partial charge in [-0.1, -0.05) is 0 Å². The van der Waals surface area contributed by atoms with Gasteiger partial charge in [-0.2, -0.15) is 0 Å². The summed E-state index contributed by atoms with van der Waals surface area (Å²) < 4.78 is 4.58. The average Bonchev–Trinajstić information content (AvgIpc) is 3.15. The molecule has 10 heteroatoms. The first-order chi connectivity index (χ1) is 11.6. The van der Waals surface area contributed by atoms with Gasteiger partial charge >= 0.3 is 5.69 Å². The fourth-order valence-electron chi connectivity index (χ4n) is 2.41. The average molecular weight is 331 g/mol. The molecule has 0 unspecified atom stereocenters. The number of nitrogens with zero attached hydrogens (tertiary/aromatic N) is 4. The first-order valence-electron chi connectivity index (χ1n) is 7.25. The van der Waals surface area contributed by atoms with Gasteiger partial charge in [-0.15, -0.1) is 0 Å². The second-order valence-electron chi connectivity index (χ2n) is 5.15. The van der Waals surface area contributed by atoms with Crippen LogP contribution in [-0.2, 0) is 9.59 Å². The summed E-state index contributed by atoms with van der Waals surface area (Å²) >= 11 is 0. The van der Waals surface area contributed by atoms with Crippen LogP contribution in [0.5, 0.6) is 0 Å². The monoisotopic (exact) mass is 331 g/mol. The number of imide groups is 1. The lowest BCUT2D eigenvalue weighted by Crippen LogP contribution is -2.31. The molecule has 0 saturated carbocycles. The molecule has 2 amide bonds. The van der Waals surface area contributed by atoms with Crippen LogP contribution >= 0.6 is 0 Å². The maximum atomic E-state index is 11.4. The highest BCUT2D eigenvalue weighted by molar-refractivity contribution is 6.12. The lowest BCUT2D eigenvalue weighted by atomic mass is 10.2. The summed E-state index contributed by atoms with van der Waals surface area (Å²) in [5, 5.41) is 21.3. The third-order valence-corrected chi connectivity index (χ3v) is 3.62. The molecule has 0 atom stereocenters. The predicted molar refractivity (Wildman–Crippen MR) is 82.0 cm³/mol. The van der Waals surface area contributed by atoms with Gasteiger partial charge in [0.15, 0.2) is 5.52 Å². The van der Waals surface area contributed by atoms with E-state index in [4.69, 9.17) is 0 Å². The Hall–Kier alpha value is -3.30. The van der Waals surface area contributed by atoms with Crippen LogP contribution in [0.15, 0.2) is 28.9 Å². The maximum absolute atomic E-state index is 11.4. The number of amides is 2. The normalized spacial score (nSPS) is 13.9. The molecule has 1 aromatic heterocycles. The van der Waals surface area contributed by atoms with E-state index in [1.807, 2.05) is 0 Å². The molecule has 124 valence electrons. The van der Waals surface area contributed by atoms with Crippen LogP contribution in [0.25, 0.3) is 11.0 Å². The zero-order valence-electron chi connectivity index (χ0n) is 12.5. The van der Waals surface area contributed by atoms with Gasteiger partial charge in [-0.25, -0.2) is 4.63 Å². The number of carbonyl (C=O) groups is 2. The van der Waals surface area contributed by atoms with Crippen molar-refractivity contribution in [1.82, 2.24) is 15.2 Å². The van der Waals surface area contributed by atoms with E-state index >= 15 is 0 Å². The standard InChI is InChI=1S/C14H13N5O5/c20-11-5-6-12(21)18(11)8-2-1-7-15-9-3-4-10(19(22)23)14-13(9)16-24-17-14/h3-6,15H,1-2,7-8H2. The van der Waals surface area contributed by atoms with Gasteiger partial charge in [0.25, 0.3) is 11.8 Å². The third kappa shape index (κ3) is 2.93. The van der Waals surface area contributed by atoms with Crippen LogP contribution in [-0.4, -0.2) is 45.0 Å². The Kier molecular flexibility index (Phi) is 4.18. The molecule has 2 heterocycles. The highest BCUT2D eigenvalue weighted by Gasteiger charge is 2.22. The van der Waals surface area contributed by atoms with Crippen molar-refractivity contribution in [2.45, 2.75) is 12.8 Å². The Morgan fingerprint density at radius 2 is 1.83 bits per heavy atom. The number of nitrogens with one attached hydrogen (secondary N) is 1. The van der Waals surface area contributed by atoms with Crippen molar-refractivity contribution in [1.29, 1.82) is 0 Å². The van der Waals surface area contributed by atoms with E-state index in [9.17, 15) is 19.7 Å². The Morgan fingerprint density at radius 1 is 1.12 bits per heavy atom. The second kappa shape index (κ2) is 6.44. The zero-order valence-corrected chi connectivity index (χ0v) is 12.5. The lowest BCUT2D eigenvalue weighted by molar-refractivity contribution is -0.383. The van der Waals surface area contributed by atoms with E-state index in [-0.39, 0.29) is 23.0 Å². The SMILES string of the molecule is O=C1C=CC(=O)N1CCCCNc1ccc([N+](=O)[O-])c2nonc12. The maximum Gasteiger partial charge on any atom is 0.300 e. The molecule has 1 aliphatic rings. The fraction of sp³-hybridized carbons (Fsp3) is 0.286. The molecular weight excluding hydrogens is 318 g/mol. The number of non-ortho nitro benzene ring substituents is 1. The van der Waals surface area contributed by atoms with Crippen molar-refractivity contribution in [2.75, 3.05) is 18.4 Å². The van der Waals surface area contributed by atoms with Crippen molar-refractivity contribution in [3.63, 3.8) is 0 Å². The number of unbranched alkanes of at least 4 members (excludes halogenated alkanes) is 1. The van der Waals surface area contributed by atoms with E-state index in [0.717, 1.165) is 0 Å². The van der Waals surface area contributed by atoms with Gasteiger partial charge in [-0.05, 0) is 29.2 Å². The van der Waals surface area contributed by atoms with Crippen LogP contribution in [0.2, 0.25) is 0 Å². The quantitative estimate of drug-likeness (QED) is 0.347. The smallest absolute Gasteiger partial charge is 0.300 e. The molecule has 0 aliphatic carbocycles. The summed E-state index contributed by atoms with van der Waals surface area (Å²) in [6.45, 7) is 0.900. The number of anilines is 1. The number of benzene rings is 1. The van der Waals surface area contributed by atoms with Crippen molar-refractivity contribution in [3.8, 4) is 0 Å². The molecule has 1 N–H and O–H groups in total. The van der Waals surface area contributed by atoms with Crippen LogP contribution in [0.1, 0.15) is 12.8 Å². The number of carbonyl (C=O) groups excluding carboxylic acids is 2. The summed E-state index contributed by atoms with van der Waals surface area (Å²) in [6, 6.07) is 2.88. The molecule has 24 heavy (non-hydrogen) atoms. The number of aromatic nitrogens is 2. The van der Waals surface area contributed by atoms with Crippen LogP contribution in [0.4, 0.5) is 11.4 Å². The molecule has 3 rings (SSSR count). The van der Waals surface area contributed by atoms with Crippen LogP contribution < -0.4 is 5.32 Å². The summed E-state index contributed by atoms with van der Waals surface area (Å²) in [7, 11) is 0. The minimum absolute atomic E-state index is 0.0873. The highest BCUT2D eigenvalue weighted by Crippen LogP contribution is 2.28. The molecular formula is C14H13N5O5. The van der Waals surface area contributed by atoms with E-state index in [2.05, 4.69) is 20.3 Å². The van der Waals surface area contributed by atoms with E-state index in [1.165, 1.54) is 23.1 Å². The van der Waals surface area contributed by atoms with E-state index in [1.54, 1.807) is 6.07 Å². The van der Waals surface area contributed by atoms with Gasteiger partial charge in [0.05, 0.1) is 10.6 Å². The summed E-state index contributed by atoms with van der Waals surface area (Å²) in [5.41, 5.74) is 0.782. The molecule has 0 radical (unpaired) electrons. The molecule has 10 nitrogen and oxygen atoms in total. The Morgan fingerprint density at radius 3 is 2.54 bits per heavy atom. The van der Waals surface area contributed by atoms with Crippen molar-refractivity contribution in [2.24, 2.45) is 0 Å². The Bertz CT molecular complexity index is 825. The third-order valence-electron chi connectivity index (χ3n) is 3.62. The summed E-state index contributed by atoms with van der Waals surface area (Å²) in [6.07, 6.45) is 3.84. The predicted octanol–water partition coefficient (Wildman–Crippen LogP) is 1.25. The minimum Gasteiger partial charge on any atom is -0.383 e. The fourth-order valence-corrected chi connectivity index (χ4v) is 2.41. The van der Waals surface area contributed by atoms with Crippen LogP contribution in [0.3, 0.4) is 0 Å². The first kappa shape index (κ1) is 15.6. The topological polar surface area (TPSA) is 131 Å². The second-order valence-corrected chi connectivity index (χ2v) is 5.15. The number of nitro benzene ring substituents is 1. The lowest BCUT2D eigenvalue weighted by Gasteiger charge is -2.13. The molecule has 1 aliphatic heterocycles. The van der Waals surface area contributed by atoms with Crippen molar-refractivity contribution in [3.05, 3.63) is 34.4 Å². The molecule has 0 saturated heterocycles. The van der Waals surface area contributed by atoms with Gasteiger partial charge in [0, 0.05) is 31.3 Å². The minimum atomic E-state index is -0.547. The Balaban J connectivity index is 1.54. The van der Waals surface area contributed by atoms with Gasteiger partial charge in [-0.3, -0.25) is 24.6 Å². The Labute approximate surface area is 135 Å². The summed E-state index contributed by atoms with van der Waals surface area (Å²) in [5.74, 6) is -0.586. The molecule has 0 bridgehead atoms. The summed E-state index contributed by atoms with van der Waals surface area (Å²) in [4.78, 5) is 34.3. The first-order valence-corrected chi connectivity index (χ1v) is 7.25. The van der Waals surface area contributed by atoms with Gasteiger partial charge < -0.3 is 5.32 Å². The highest BCUT2D eigenvalue weighted by atomic mass is 16.6. The number of fused-ring (bicyclic) bond motifs is 1. The molecule has 0 spiro atoms. The van der Waals surface area contributed by atoms with Crippen LogP contribution in [0, 0.1) is 10.1 Å². The number of hydrogen-bond acceptors (Lipinski definition) is 8. The number of nitro groups is 1. The van der Waals surface area contributed by atoms with Gasteiger partial charge in [0.1, 0.15) is 0 Å². The van der Waals surface area contributed by atoms with E-state index < -0.39 is 4.92 Å². The van der Waals surface area contributed by atoms with E-state index in [0.29, 0.717) is 37.1 Å². The van der Waals surface area contributed by atoms with Crippen molar-refractivity contribution < 1.29 is 19.1 Å². The number of rotatable bonds is 7. The zero-order chi connectivity index (χ0) is 17.1. The number of hydrogen-bond donors (Lipinski definition) is 1.